The fourth-order valence-corrected chi connectivity index (χ4v) is 0.359. The quantitative estimate of drug-likeness (QED) is 0.374. The molecule has 1 aromatic rings. The molecule has 1 heterocycles. The van der Waals surface area contributed by atoms with Gasteiger partial charge in [-0.05, 0) is 0 Å². The summed E-state index contributed by atoms with van der Waals surface area (Å²) in [5.74, 6) is -0.0550. The van der Waals surface area contributed by atoms with Crippen molar-refractivity contribution in [3.05, 3.63) is 15.8 Å². The maximum absolute atomic E-state index is 9.66. The normalized spacial score (nSPS) is 11.8. The molecule has 0 aliphatic carbocycles. The Labute approximate surface area is 53.5 Å². The molecule has 0 aliphatic heterocycles. The Morgan fingerprint density at radius 2 is 2.60 bits per heavy atom. The van der Waals surface area contributed by atoms with Gasteiger partial charge in [0.05, 0.1) is 0 Å². The number of rotatable bonds is 1. The highest BCUT2D eigenvalue weighted by Crippen LogP contribution is 1.78. The first-order chi connectivity index (χ1) is 4.68. The summed E-state index contributed by atoms with van der Waals surface area (Å²) >= 11 is 0. The Balaban J connectivity index is 3.05. The molecule has 54 valence electrons. The van der Waals surface area contributed by atoms with Crippen LogP contribution in [0.4, 0.5) is 5.95 Å². The summed E-state index contributed by atoms with van der Waals surface area (Å²) in [4.78, 5) is 13.0. The highest BCUT2D eigenvalue weighted by atomic mass is 16.7. The largest absolute Gasteiger partial charge is 0.413 e. The van der Waals surface area contributed by atoms with Gasteiger partial charge in [-0.2, -0.15) is 10.1 Å². The molecule has 0 saturated heterocycles. The number of aromatic amines is 1. The molecule has 3 N–H and O–H groups in total. The molecule has 8 heteroatoms. The van der Waals surface area contributed by atoms with Crippen molar-refractivity contribution in [1.82, 2.24) is 10.1 Å². The van der Waals surface area contributed by atoms with E-state index in [4.69, 9.17) is 5.73 Å². The molecule has 10 heavy (non-hydrogen) atoms. The van der Waals surface area contributed by atoms with Crippen LogP contribution < -0.4 is 11.4 Å². The Bertz CT molecular complexity index is 296. The Kier molecular flexibility index (Phi) is 1.36. The van der Waals surface area contributed by atoms with E-state index in [9.17, 15) is 10.1 Å². The van der Waals surface area contributed by atoms with E-state index in [2.05, 4.69) is 19.8 Å². The van der Waals surface area contributed by atoms with Gasteiger partial charge in [0.1, 0.15) is 5.10 Å². The fourth-order valence-electron chi connectivity index (χ4n) is 0.359. The van der Waals surface area contributed by atoms with E-state index in [0.29, 0.717) is 0 Å². The minimum absolute atomic E-state index is 0.0550. The monoisotopic (exact) mass is 145 g/mol. The Morgan fingerprint density at radius 1 is 1.90 bits per heavy atom. The predicted octanol–water partition coefficient (Wildman–Crippen LogP) is -1.32. The molecule has 0 amide bonds. The molecule has 0 fully saturated rings. The first-order valence-corrected chi connectivity index (χ1v) is 2.18. The molecular formula is C2H3N5O3. The summed E-state index contributed by atoms with van der Waals surface area (Å²) in [6.45, 7) is 0. The van der Waals surface area contributed by atoms with Crippen LogP contribution in [0.5, 0.6) is 0 Å². The summed E-state index contributed by atoms with van der Waals surface area (Å²) in [5.41, 5.74) is 4.61. The van der Waals surface area contributed by atoms with E-state index in [0.717, 1.165) is 0 Å². The molecule has 0 aromatic carbocycles. The number of aromatic nitrogens is 2. The van der Waals surface area contributed by atoms with Gasteiger partial charge >= 0.3 is 5.68 Å². The maximum atomic E-state index is 9.66. The molecular weight excluding hydrogens is 142 g/mol. The van der Waals surface area contributed by atoms with E-state index in [1.807, 2.05) is 0 Å². The predicted molar refractivity (Wildman–Crippen MR) is 27.8 cm³/mol. The van der Waals surface area contributed by atoms with Gasteiger partial charge in [-0.1, -0.05) is 0 Å². The van der Waals surface area contributed by atoms with Crippen LogP contribution in [0.25, 0.3) is 0 Å². The van der Waals surface area contributed by atoms with Crippen LogP contribution >= 0.6 is 0 Å². The topological polar surface area (TPSA) is 123 Å². The number of hydrogen-bond acceptors (Lipinski definition) is 5. The SMILES string of the molecule is Nc1n/c(=N/[N+](=O)[O-])o[nH]1. The molecule has 0 bridgehead atoms. The summed E-state index contributed by atoms with van der Waals surface area (Å²) in [5, 5.41) is 13.5. The number of nitro groups is 1. The summed E-state index contributed by atoms with van der Waals surface area (Å²) < 4.78 is 4.31. The molecule has 0 spiro atoms. The molecule has 0 atom stereocenters. The zero-order valence-corrected chi connectivity index (χ0v) is 4.64. The minimum atomic E-state index is -0.931. The van der Waals surface area contributed by atoms with Crippen molar-refractivity contribution in [3.8, 4) is 0 Å². The molecule has 0 aliphatic rings. The van der Waals surface area contributed by atoms with E-state index in [1.165, 1.54) is 0 Å². The summed E-state index contributed by atoms with van der Waals surface area (Å²) in [7, 11) is 0. The van der Waals surface area contributed by atoms with Crippen molar-refractivity contribution in [3.63, 3.8) is 0 Å². The maximum Gasteiger partial charge on any atom is 0.413 e. The average molecular weight is 145 g/mol. The standard InChI is InChI=1S/C2H3N5O3/c3-1-4-2(10-6-1)5-7(8)9/h(H3,3,4,5,6). The van der Waals surface area contributed by atoms with Gasteiger partial charge in [-0.25, -0.2) is 10.1 Å². The molecule has 0 unspecified atom stereocenters. The van der Waals surface area contributed by atoms with E-state index >= 15 is 0 Å². The van der Waals surface area contributed by atoms with Crippen molar-refractivity contribution in [2.45, 2.75) is 0 Å². The number of nitrogens with zero attached hydrogens (tertiary/aromatic N) is 3. The number of anilines is 1. The van der Waals surface area contributed by atoms with Crippen molar-refractivity contribution in [1.29, 1.82) is 0 Å². The smallest absolute Gasteiger partial charge is 0.367 e. The van der Waals surface area contributed by atoms with Gasteiger partial charge in [0.2, 0.25) is 5.95 Å². The summed E-state index contributed by atoms with van der Waals surface area (Å²) in [6, 6.07) is 0. The van der Waals surface area contributed by atoms with Gasteiger partial charge < -0.3 is 10.3 Å². The zero-order chi connectivity index (χ0) is 7.56. The van der Waals surface area contributed by atoms with Gasteiger partial charge in [0.15, 0.2) is 5.03 Å². The number of nitrogen functional groups attached to an aromatic ring is 1. The highest BCUT2D eigenvalue weighted by molar-refractivity contribution is 5.06. The van der Waals surface area contributed by atoms with Crippen LogP contribution in [0.1, 0.15) is 0 Å². The van der Waals surface area contributed by atoms with Gasteiger partial charge in [-0.3, -0.25) is 0 Å². The first-order valence-electron chi connectivity index (χ1n) is 2.18. The van der Waals surface area contributed by atoms with Crippen LogP contribution in [0.2, 0.25) is 0 Å². The average Bonchev–Trinajstić information content (AvgIpc) is 2.13. The van der Waals surface area contributed by atoms with Crippen molar-refractivity contribution >= 4 is 5.95 Å². The molecule has 1 aromatic heterocycles. The zero-order valence-electron chi connectivity index (χ0n) is 4.64. The van der Waals surface area contributed by atoms with E-state index in [1.54, 1.807) is 0 Å². The van der Waals surface area contributed by atoms with E-state index in [-0.39, 0.29) is 5.95 Å². The number of H-pyrrole nitrogens is 1. The van der Waals surface area contributed by atoms with E-state index < -0.39 is 10.7 Å². The number of hydrogen-bond donors (Lipinski definition) is 2. The first kappa shape index (κ1) is 6.26. The highest BCUT2D eigenvalue weighted by Gasteiger charge is 1.96. The van der Waals surface area contributed by atoms with Gasteiger partial charge in [0, 0.05) is 0 Å². The molecule has 0 radical (unpaired) electrons. The third kappa shape index (κ3) is 1.31. The summed E-state index contributed by atoms with van der Waals surface area (Å²) in [6.07, 6.45) is 0. The Morgan fingerprint density at radius 3 is 3.00 bits per heavy atom. The van der Waals surface area contributed by atoms with Crippen LogP contribution in [-0.2, 0) is 0 Å². The van der Waals surface area contributed by atoms with Crippen LogP contribution in [0.3, 0.4) is 0 Å². The third-order valence-corrected chi connectivity index (χ3v) is 0.630. The lowest BCUT2D eigenvalue weighted by atomic mass is 11.1. The lowest BCUT2D eigenvalue weighted by Gasteiger charge is -1.67. The second-order valence-electron chi connectivity index (χ2n) is 1.32. The second-order valence-corrected chi connectivity index (χ2v) is 1.32. The lowest BCUT2D eigenvalue weighted by molar-refractivity contribution is -0.492. The molecule has 8 nitrogen and oxygen atoms in total. The van der Waals surface area contributed by atoms with Crippen molar-refractivity contribution in [2.24, 2.45) is 5.10 Å². The van der Waals surface area contributed by atoms with Crippen LogP contribution in [0, 0.1) is 10.1 Å². The third-order valence-electron chi connectivity index (χ3n) is 0.630. The Hall–Kier alpha value is -1.86. The molecule has 1 rings (SSSR count). The van der Waals surface area contributed by atoms with Gasteiger partial charge in [0.25, 0.3) is 0 Å². The van der Waals surface area contributed by atoms with Crippen molar-refractivity contribution < 1.29 is 9.56 Å². The van der Waals surface area contributed by atoms with Crippen molar-refractivity contribution in [2.75, 3.05) is 5.73 Å². The second kappa shape index (κ2) is 2.17. The lowest BCUT2D eigenvalue weighted by Crippen LogP contribution is -2.05. The van der Waals surface area contributed by atoms with Gasteiger partial charge in [-0.15, -0.1) is 0 Å². The number of nitrogens with one attached hydrogen (secondary N) is 1. The molecule has 0 saturated carbocycles. The minimum Gasteiger partial charge on any atom is -0.367 e. The van der Waals surface area contributed by atoms with Crippen LogP contribution in [-0.4, -0.2) is 15.2 Å². The van der Waals surface area contributed by atoms with Crippen LogP contribution in [0.15, 0.2) is 9.62 Å². The fraction of sp³-hybridized carbons (Fsp3) is 0. The number of nitrogens with two attached hydrogens (primary N) is 1.